The van der Waals surface area contributed by atoms with Crippen molar-refractivity contribution in [2.24, 2.45) is 5.41 Å². The fourth-order valence-electron chi connectivity index (χ4n) is 2.64. The van der Waals surface area contributed by atoms with Crippen LogP contribution < -0.4 is 5.32 Å². The van der Waals surface area contributed by atoms with Crippen molar-refractivity contribution < 1.29 is 0 Å². The van der Waals surface area contributed by atoms with Crippen molar-refractivity contribution in [2.45, 2.75) is 57.9 Å². The average molecular weight is 167 g/mol. The van der Waals surface area contributed by atoms with Gasteiger partial charge in [0.25, 0.3) is 0 Å². The number of hydrogen-bond acceptors (Lipinski definition) is 1. The molecule has 1 spiro atoms. The maximum Gasteiger partial charge on any atom is 0.0193 e. The van der Waals surface area contributed by atoms with E-state index in [9.17, 15) is 0 Å². The first-order valence-corrected chi connectivity index (χ1v) is 5.37. The molecule has 1 atom stereocenters. The zero-order valence-electron chi connectivity index (χ0n) is 8.45. The molecule has 2 rings (SSSR count). The predicted molar refractivity (Wildman–Crippen MR) is 52.2 cm³/mol. The maximum absolute atomic E-state index is 3.64. The van der Waals surface area contributed by atoms with E-state index in [4.69, 9.17) is 0 Å². The minimum atomic E-state index is 0.591. The van der Waals surface area contributed by atoms with Crippen LogP contribution in [0.2, 0.25) is 0 Å². The molecule has 12 heavy (non-hydrogen) atoms. The lowest BCUT2D eigenvalue weighted by Gasteiger charge is -2.43. The molecule has 0 bridgehead atoms. The van der Waals surface area contributed by atoms with Gasteiger partial charge in [0, 0.05) is 5.54 Å². The molecule has 0 aromatic rings. The smallest absolute Gasteiger partial charge is 0.0193 e. The molecular formula is C11H21N. The van der Waals surface area contributed by atoms with E-state index in [2.05, 4.69) is 19.2 Å². The zero-order valence-corrected chi connectivity index (χ0v) is 8.45. The van der Waals surface area contributed by atoms with Gasteiger partial charge in [-0.1, -0.05) is 20.3 Å². The van der Waals surface area contributed by atoms with Gasteiger partial charge in [0.15, 0.2) is 0 Å². The largest absolute Gasteiger partial charge is 0.311 e. The van der Waals surface area contributed by atoms with E-state index < -0.39 is 0 Å². The number of rotatable bonds is 0. The summed E-state index contributed by atoms with van der Waals surface area (Å²) in [5, 5.41) is 3.64. The van der Waals surface area contributed by atoms with Crippen molar-refractivity contribution in [3.63, 3.8) is 0 Å². The molecule has 0 aromatic heterocycles. The van der Waals surface area contributed by atoms with E-state index >= 15 is 0 Å². The number of nitrogens with one attached hydrogen (secondary N) is 1. The Morgan fingerprint density at radius 1 is 0.917 bits per heavy atom. The molecule has 1 saturated heterocycles. The SMILES string of the molecule is CC1(C)CCCC2(CCN2)CC1. The lowest BCUT2D eigenvalue weighted by Crippen LogP contribution is -2.56. The first-order valence-electron chi connectivity index (χ1n) is 5.37. The fourth-order valence-corrected chi connectivity index (χ4v) is 2.64. The van der Waals surface area contributed by atoms with Crippen molar-refractivity contribution in [2.75, 3.05) is 6.54 Å². The quantitative estimate of drug-likeness (QED) is 0.585. The van der Waals surface area contributed by atoms with Crippen LogP contribution in [0.25, 0.3) is 0 Å². The number of hydrogen-bond donors (Lipinski definition) is 1. The van der Waals surface area contributed by atoms with Crippen LogP contribution in [0.5, 0.6) is 0 Å². The van der Waals surface area contributed by atoms with Crippen LogP contribution in [0.15, 0.2) is 0 Å². The fraction of sp³-hybridized carbons (Fsp3) is 1.00. The molecule has 1 heterocycles. The molecule has 1 saturated carbocycles. The Labute approximate surface area is 75.9 Å². The highest BCUT2D eigenvalue weighted by Crippen LogP contribution is 2.41. The van der Waals surface area contributed by atoms with E-state index in [0.717, 1.165) is 0 Å². The van der Waals surface area contributed by atoms with E-state index in [1.54, 1.807) is 0 Å². The van der Waals surface area contributed by atoms with Crippen LogP contribution in [-0.4, -0.2) is 12.1 Å². The summed E-state index contributed by atoms with van der Waals surface area (Å²) in [5.74, 6) is 0. The predicted octanol–water partition coefficient (Wildman–Crippen LogP) is 2.71. The second-order valence-corrected chi connectivity index (χ2v) is 5.47. The van der Waals surface area contributed by atoms with Gasteiger partial charge in [-0.2, -0.15) is 0 Å². The Hall–Kier alpha value is -0.0400. The van der Waals surface area contributed by atoms with Gasteiger partial charge in [0.1, 0.15) is 0 Å². The molecule has 70 valence electrons. The van der Waals surface area contributed by atoms with Gasteiger partial charge in [0.05, 0.1) is 0 Å². The first-order chi connectivity index (χ1) is 5.62. The average Bonchev–Trinajstić information content (AvgIpc) is 2.06. The highest BCUT2D eigenvalue weighted by molar-refractivity contribution is 4.99. The van der Waals surface area contributed by atoms with E-state index in [0.29, 0.717) is 11.0 Å². The molecule has 1 heteroatoms. The summed E-state index contributed by atoms with van der Waals surface area (Å²) < 4.78 is 0. The summed E-state index contributed by atoms with van der Waals surface area (Å²) in [4.78, 5) is 0. The van der Waals surface area contributed by atoms with Gasteiger partial charge in [0.2, 0.25) is 0 Å². The van der Waals surface area contributed by atoms with Crippen LogP contribution >= 0.6 is 0 Å². The van der Waals surface area contributed by atoms with Crippen molar-refractivity contribution in [3.8, 4) is 0 Å². The second-order valence-electron chi connectivity index (χ2n) is 5.47. The van der Waals surface area contributed by atoms with Crippen LogP contribution in [0.1, 0.15) is 52.4 Å². The van der Waals surface area contributed by atoms with E-state index in [1.165, 1.54) is 45.1 Å². The standard InChI is InChI=1S/C11H21N/c1-10(2)4-3-5-11(7-6-10)8-9-12-11/h12H,3-9H2,1-2H3. The lowest BCUT2D eigenvalue weighted by atomic mass is 9.79. The Morgan fingerprint density at radius 2 is 1.67 bits per heavy atom. The summed E-state index contributed by atoms with van der Waals surface area (Å²) in [6.07, 6.45) is 8.55. The Balaban J connectivity index is 1.97. The van der Waals surface area contributed by atoms with Crippen molar-refractivity contribution in [1.29, 1.82) is 0 Å². The van der Waals surface area contributed by atoms with Crippen molar-refractivity contribution in [3.05, 3.63) is 0 Å². The highest BCUT2D eigenvalue weighted by Gasteiger charge is 2.39. The van der Waals surface area contributed by atoms with Gasteiger partial charge in [-0.05, 0) is 44.1 Å². The lowest BCUT2D eigenvalue weighted by molar-refractivity contribution is 0.173. The molecule has 1 unspecified atom stereocenters. The summed E-state index contributed by atoms with van der Waals surface area (Å²) >= 11 is 0. The molecule has 2 fully saturated rings. The molecular weight excluding hydrogens is 146 g/mol. The Kier molecular flexibility index (Phi) is 1.95. The molecule has 1 nitrogen and oxygen atoms in total. The maximum atomic E-state index is 3.64. The molecule has 0 amide bonds. The monoisotopic (exact) mass is 167 g/mol. The first kappa shape index (κ1) is 8.55. The molecule has 1 aliphatic heterocycles. The third kappa shape index (κ3) is 1.52. The Bertz CT molecular complexity index is 168. The van der Waals surface area contributed by atoms with Crippen LogP contribution in [0.3, 0.4) is 0 Å². The summed E-state index contributed by atoms with van der Waals surface area (Å²) in [6.45, 7) is 6.11. The van der Waals surface area contributed by atoms with Gasteiger partial charge in [-0.25, -0.2) is 0 Å². The summed E-state index contributed by atoms with van der Waals surface area (Å²) in [5.41, 5.74) is 1.20. The van der Waals surface area contributed by atoms with E-state index in [1.807, 2.05) is 0 Å². The minimum absolute atomic E-state index is 0.591. The van der Waals surface area contributed by atoms with Crippen LogP contribution in [-0.2, 0) is 0 Å². The van der Waals surface area contributed by atoms with Gasteiger partial charge < -0.3 is 5.32 Å². The molecule has 1 N–H and O–H groups in total. The summed E-state index contributed by atoms with van der Waals surface area (Å²) in [7, 11) is 0. The normalized spacial score (nSPS) is 40.5. The third-order valence-electron chi connectivity index (χ3n) is 3.89. The Morgan fingerprint density at radius 3 is 2.25 bits per heavy atom. The van der Waals surface area contributed by atoms with Crippen molar-refractivity contribution in [1.82, 2.24) is 5.32 Å². The minimum Gasteiger partial charge on any atom is -0.311 e. The van der Waals surface area contributed by atoms with Gasteiger partial charge in [-0.3, -0.25) is 0 Å². The van der Waals surface area contributed by atoms with Crippen LogP contribution in [0.4, 0.5) is 0 Å². The molecule has 2 aliphatic rings. The molecule has 0 radical (unpaired) electrons. The van der Waals surface area contributed by atoms with Gasteiger partial charge >= 0.3 is 0 Å². The van der Waals surface area contributed by atoms with Crippen LogP contribution in [0, 0.1) is 5.41 Å². The van der Waals surface area contributed by atoms with Crippen molar-refractivity contribution >= 4 is 0 Å². The van der Waals surface area contributed by atoms with Gasteiger partial charge in [-0.15, -0.1) is 0 Å². The topological polar surface area (TPSA) is 12.0 Å². The summed E-state index contributed by atoms with van der Waals surface area (Å²) in [6, 6.07) is 0. The molecule has 1 aliphatic carbocycles. The molecule has 0 aromatic carbocycles. The van der Waals surface area contributed by atoms with E-state index in [-0.39, 0.29) is 0 Å². The second kappa shape index (κ2) is 2.73. The third-order valence-corrected chi connectivity index (χ3v) is 3.89. The zero-order chi connectivity index (χ0) is 8.66. The highest BCUT2D eigenvalue weighted by atomic mass is 15.0.